The first-order valence-corrected chi connectivity index (χ1v) is 5.20. The van der Waals surface area contributed by atoms with Crippen molar-refractivity contribution in [3.8, 4) is 0 Å². The number of ether oxygens (including phenoxy) is 1. The maximum atomic E-state index is 11.7. The molecule has 1 aromatic rings. The van der Waals surface area contributed by atoms with Gasteiger partial charge in [0, 0.05) is 6.04 Å². The lowest BCUT2D eigenvalue weighted by Gasteiger charge is -2.32. The lowest BCUT2D eigenvalue weighted by atomic mass is 10.0. The zero-order valence-corrected chi connectivity index (χ0v) is 8.94. The molecule has 1 fully saturated rings. The van der Waals surface area contributed by atoms with Crippen LogP contribution in [0.1, 0.15) is 25.5 Å². The molecule has 3 nitrogen and oxygen atoms in total. The largest absolute Gasteiger partial charge is 0.460 e. The molecule has 0 spiro atoms. The van der Waals surface area contributed by atoms with E-state index in [1.807, 2.05) is 44.2 Å². The van der Waals surface area contributed by atoms with Gasteiger partial charge in [-0.15, -0.1) is 0 Å². The number of esters is 1. The lowest BCUT2D eigenvalue weighted by molar-refractivity contribution is -0.158. The Morgan fingerprint density at radius 1 is 1.20 bits per heavy atom. The van der Waals surface area contributed by atoms with Crippen LogP contribution < -0.4 is 5.32 Å². The number of cyclic esters (lactones) is 1. The minimum Gasteiger partial charge on any atom is -0.460 e. The van der Waals surface area contributed by atoms with Crippen molar-refractivity contribution in [2.24, 2.45) is 0 Å². The summed E-state index contributed by atoms with van der Waals surface area (Å²) in [4.78, 5) is 11.7. The molecule has 1 heterocycles. The first-order valence-electron chi connectivity index (χ1n) is 5.20. The summed E-state index contributed by atoms with van der Waals surface area (Å²) in [6.45, 7) is 3.92. The Bertz CT molecular complexity index is 350. The molecule has 0 saturated carbocycles. The van der Waals surface area contributed by atoms with E-state index in [2.05, 4.69) is 5.32 Å². The maximum absolute atomic E-state index is 11.7. The number of hydrogen-bond donors (Lipinski definition) is 1. The Balaban J connectivity index is 2.20. The van der Waals surface area contributed by atoms with Crippen molar-refractivity contribution in [3.63, 3.8) is 0 Å². The van der Waals surface area contributed by atoms with E-state index in [0.29, 0.717) is 0 Å². The molecule has 15 heavy (non-hydrogen) atoms. The van der Waals surface area contributed by atoms with Gasteiger partial charge < -0.3 is 4.74 Å². The van der Waals surface area contributed by atoms with Crippen LogP contribution >= 0.6 is 0 Å². The Morgan fingerprint density at radius 3 is 2.53 bits per heavy atom. The van der Waals surface area contributed by atoms with Gasteiger partial charge in [-0.3, -0.25) is 5.32 Å². The number of benzene rings is 1. The zero-order valence-electron chi connectivity index (χ0n) is 8.94. The molecule has 0 unspecified atom stereocenters. The van der Waals surface area contributed by atoms with Gasteiger partial charge >= 0.3 is 5.97 Å². The molecular weight excluding hydrogens is 190 g/mol. The summed E-state index contributed by atoms with van der Waals surface area (Å²) < 4.78 is 5.26. The first-order chi connectivity index (χ1) is 7.18. The topological polar surface area (TPSA) is 38.3 Å². The van der Waals surface area contributed by atoms with Gasteiger partial charge in [-0.2, -0.15) is 0 Å². The number of nitrogens with one attached hydrogen (secondary N) is 1. The molecular formula is C12H15NO2. The average molecular weight is 205 g/mol. The van der Waals surface area contributed by atoms with E-state index in [0.717, 1.165) is 5.56 Å². The molecule has 1 aromatic carbocycles. The zero-order chi connectivity index (χ0) is 10.8. The number of morpholine rings is 1. The highest BCUT2D eigenvalue weighted by Crippen LogP contribution is 2.21. The molecule has 80 valence electrons. The SMILES string of the molecule is C[C@@H]1OC(=O)[C@H](c2ccccc2)N[C@@H]1C. The van der Waals surface area contributed by atoms with Crippen LogP contribution in [0.15, 0.2) is 30.3 Å². The van der Waals surface area contributed by atoms with Crippen molar-refractivity contribution < 1.29 is 9.53 Å². The maximum Gasteiger partial charge on any atom is 0.328 e. The average Bonchev–Trinajstić information content (AvgIpc) is 2.25. The van der Waals surface area contributed by atoms with Crippen LogP contribution in [0.5, 0.6) is 0 Å². The summed E-state index contributed by atoms with van der Waals surface area (Å²) in [5.74, 6) is -0.188. The van der Waals surface area contributed by atoms with Gasteiger partial charge in [0.05, 0.1) is 0 Å². The van der Waals surface area contributed by atoms with E-state index in [4.69, 9.17) is 4.74 Å². The molecule has 1 aliphatic rings. The molecule has 2 rings (SSSR count). The van der Waals surface area contributed by atoms with Crippen LogP contribution in [0.4, 0.5) is 0 Å². The van der Waals surface area contributed by atoms with Crippen molar-refractivity contribution >= 4 is 5.97 Å². The third-order valence-electron chi connectivity index (χ3n) is 2.80. The monoisotopic (exact) mass is 205 g/mol. The lowest BCUT2D eigenvalue weighted by Crippen LogP contribution is -2.49. The smallest absolute Gasteiger partial charge is 0.328 e. The molecule has 0 radical (unpaired) electrons. The van der Waals surface area contributed by atoms with E-state index in [-0.39, 0.29) is 24.2 Å². The molecule has 0 aliphatic carbocycles. The fraction of sp³-hybridized carbons (Fsp3) is 0.417. The van der Waals surface area contributed by atoms with E-state index < -0.39 is 0 Å². The molecule has 0 aromatic heterocycles. The number of rotatable bonds is 1. The van der Waals surface area contributed by atoms with E-state index in [1.165, 1.54) is 0 Å². The summed E-state index contributed by atoms with van der Waals surface area (Å²) in [6.07, 6.45) is -0.0579. The second-order valence-electron chi connectivity index (χ2n) is 3.94. The van der Waals surface area contributed by atoms with Crippen LogP contribution in [0.3, 0.4) is 0 Å². The molecule has 3 heteroatoms. The van der Waals surface area contributed by atoms with Gasteiger partial charge in [-0.1, -0.05) is 30.3 Å². The van der Waals surface area contributed by atoms with Crippen LogP contribution in [0.2, 0.25) is 0 Å². The summed E-state index contributed by atoms with van der Waals surface area (Å²) >= 11 is 0. The van der Waals surface area contributed by atoms with Gasteiger partial charge in [-0.25, -0.2) is 4.79 Å². The minimum atomic E-state index is -0.322. The summed E-state index contributed by atoms with van der Waals surface area (Å²) in [6, 6.07) is 9.51. The molecule has 3 atom stereocenters. The van der Waals surface area contributed by atoms with Crippen LogP contribution in [0.25, 0.3) is 0 Å². The van der Waals surface area contributed by atoms with Gasteiger partial charge in [0.15, 0.2) is 0 Å². The number of carbonyl (C=O) groups is 1. The number of hydrogen-bond acceptors (Lipinski definition) is 3. The van der Waals surface area contributed by atoms with E-state index in [9.17, 15) is 4.79 Å². The predicted molar refractivity (Wildman–Crippen MR) is 57.3 cm³/mol. The van der Waals surface area contributed by atoms with E-state index in [1.54, 1.807) is 0 Å². The van der Waals surface area contributed by atoms with Crippen molar-refractivity contribution in [3.05, 3.63) is 35.9 Å². The van der Waals surface area contributed by atoms with Crippen LogP contribution in [-0.4, -0.2) is 18.1 Å². The second-order valence-corrected chi connectivity index (χ2v) is 3.94. The highest BCUT2D eigenvalue weighted by Gasteiger charge is 2.32. The fourth-order valence-corrected chi connectivity index (χ4v) is 1.70. The van der Waals surface area contributed by atoms with Gasteiger partial charge in [0.1, 0.15) is 12.1 Å². The van der Waals surface area contributed by atoms with Crippen molar-refractivity contribution in [1.29, 1.82) is 0 Å². The predicted octanol–water partition coefficient (Wildman–Crippen LogP) is 1.65. The van der Waals surface area contributed by atoms with Crippen molar-refractivity contribution in [2.45, 2.75) is 32.0 Å². The minimum absolute atomic E-state index is 0.0579. The third-order valence-corrected chi connectivity index (χ3v) is 2.80. The van der Waals surface area contributed by atoms with Gasteiger partial charge in [-0.05, 0) is 19.4 Å². The van der Waals surface area contributed by atoms with Crippen molar-refractivity contribution in [1.82, 2.24) is 5.32 Å². The Morgan fingerprint density at radius 2 is 1.87 bits per heavy atom. The molecule has 1 aliphatic heterocycles. The van der Waals surface area contributed by atoms with Gasteiger partial charge in [0.25, 0.3) is 0 Å². The molecule has 1 N–H and O–H groups in total. The molecule has 0 amide bonds. The summed E-state index contributed by atoms with van der Waals surface area (Å²) in [7, 11) is 0. The molecule has 1 saturated heterocycles. The first kappa shape index (κ1) is 10.2. The number of carbonyl (C=O) groups excluding carboxylic acids is 1. The van der Waals surface area contributed by atoms with Crippen LogP contribution in [0, 0.1) is 0 Å². The van der Waals surface area contributed by atoms with Gasteiger partial charge in [0.2, 0.25) is 0 Å². The van der Waals surface area contributed by atoms with Crippen LogP contribution in [-0.2, 0) is 9.53 Å². The summed E-state index contributed by atoms with van der Waals surface area (Å²) in [5.41, 5.74) is 0.959. The quantitative estimate of drug-likeness (QED) is 0.708. The standard InChI is InChI=1S/C12H15NO2/c1-8-9(2)15-12(14)11(13-8)10-6-4-3-5-7-10/h3-9,11,13H,1-2H3/t8-,9+,11+/m1/s1. The molecule has 0 bridgehead atoms. The van der Waals surface area contributed by atoms with Crippen molar-refractivity contribution in [2.75, 3.05) is 0 Å². The highest BCUT2D eigenvalue weighted by atomic mass is 16.5. The Labute approximate surface area is 89.4 Å². The Hall–Kier alpha value is -1.35. The normalized spacial score (nSPS) is 31.1. The highest BCUT2D eigenvalue weighted by molar-refractivity contribution is 5.78. The summed E-state index contributed by atoms with van der Waals surface area (Å²) in [5, 5.41) is 3.26. The fourth-order valence-electron chi connectivity index (χ4n) is 1.70. The second kappa shape index (κ2) is 4.03. The Kier molecular flexibility index (Phi) is 2.73. The van der Waals surface area contributed by atoms with E-state index >= 15 is 0 Å². The third kappa shape index (κ3) is 2.02.